The molecule has 0 fully saturated rings. The molecule has 1 aromatic carbocycles. The van der Waals surface area contributed by atoms with Crippen LogP contribution in [-0.4, -0.2) is 75.8 Å². The van der Waals surface area contributed by atoms with Crippen LogP contribution in [0.3, 0.4) is 0 Å². The summed E-state index contributed by atoms with van der Waals surface area (Å²) < 4.78 is 10.4. The number of amides is 2. The van der Waals surface area contributed by atoms with E-state index in [0.29, 0.717) is 32.0 Å². The number of ether oxygens (including phenoxy) is 2. The number of rotatable bonds is 10. The molecule has 0 aliphatic heterocycles. The number of aliphatic imine (C=N–C) groups is 1. The Labute approximate surface area is 185 Å². The highest BCUT2D eigenvalue weighted by molar-refractivity contribution is 5.84. The molecule has 9 nitrogen and oxygen atoms in total. The second-order valence-electron chi connectivity index (χ2n) is 8.19. The van der Waals surface area contributed by atoms with Crippen molar-refractivity contribution < 1.29 is 19.1 Å². The first kappa shape index (κ1) is 26.1. The van der Waals surface area contributed by atoms with E-state index < -0.39 is 11.7 Å². The van der Waals surface area contributed by atoms with Crippen LogP contribution in [0.5, 0.6) is 5.75 Å². The smallest absolute Gasteiger partial charge is 0.407 e. The maximum Gasteiger partial charge on any atom is 0.407 e. The Morgan fingerprint density at radius 2 is 1.61 bits per heavy atom. The van der Waals surface area contributed by atoms with Crippen LogP contribution >= 0.6 is 0 Å². The topological polar surface area (TPSA) is 104 Å². The van der Waals surface area contributed by atoms with Crippen molar-refractivity contribution in [3.63, 3.8) is 0 Å². The number of hydrogen-bond acceptors (Lipinski definition) is 5. The zero-order valence-corrected chi connectivity index (χ0v) is 19.6. The number of guanidine groups is 1. The van der Waals surface area contributed by atoms with E-state index in [4.69, 9.17) is 9.47 Å². The van der Waals surface area contributed by atoms with Crippen LogP contribution in [0.15, 0.2) is 29.3 Å². The van der Waals surface area contributed by atoms with Gasteiger partial charge in [0.15, 0.2) is 5.96 Å². The molecule has 1 aromatic rings. The van der Waals surface area contributed by atoms with Crippen LogP contribution in [0.2, 0.25) is 0 Å². The van der Waals surface area contributed by atoms with E-state index in [1.807, 2.05) is 45.0 Å². The fourth-order valence-corrected chi connectivity index (χ4v) is 2.38. The van der Waals surface area contributed by atoms with Gasteiger partial charge in [-0.2, -0.15) is 0 Å². The number of nitrogens with zero attached hydrogens (tertiary/aromatic N) is 2. The number of benzene rings is 1. The van der Waals surface area contributed by atoms with Gasteiger partial charge in [0.05, 0.1) is 7.11 Å². The minimum absolute atomic E-state index is 0.0566. The summed E-state index contributed by atoms with van der Waals surface area (Å²) in [6.45, 7) is 7.24. The summed E-state index contributed by atoms with van der Waals surface area (Å²) in [4.78, 5) is 29.4. The number of methoxy groups -OCH3 is 1. The van der Waals surface area contributed by atoms with Crippen molar-refractivity contribution in [1.82, 2.24) is 20.9 Å². The van der Waals surface area contributed by atoms with Crippen molar-refractivity contribution in [2.24, 2.45) is 4.99 Å². The maximum absolute atomic E-state index is 11.9. The van der Waals surface area contributed by atoms with Crippen molar-refractivity contribution in [1.29, 1.82) is 0 Å². The zero-order valence-electron chi connectivity index (χ0n) is 19.6. The molecule has 9 heteroatoms. The Morgan fingerprint density at radius 3 is 2.19 bits per heavy atom. The third-order valence-electron chi connectivity index (χ3n) is 4.05. The lowest BCUT2D eigenvalue weighted by Gasteiger charge is -2.19. The van der Waals surface area contributed by atoms with Crippen molar-refractivity contribution in [2.75, 3.05) is 47.4 Å². The lowest BCUT2D eigenvalue weighted by molar-refractivity contribution is -0.127. The summed E-state index contributed by atoms with van der Waals surface area (Å²) >= 11 is 0. The van der Waals surface area contributed by atoms with Gasteiger partial charge in [0.25, 0.3) is 0 Å². The molecular weight excluding hydrogens is 398 g/mol. The first-order chi connectivity index (χ1) is 14.6. The quantitative estimate of drug-likeness (QED) is 0.294. The molecule has 0 aromatic heterocycles. The molecule has 3 N–H and O–H groups in total. The molecule has 0 aliphatic carbocycles. The lowest BCUT2D eigenvalue weighted by Crippen LogP contribution is -2.41. The van der Waals surface area contributed by atoms with Crippen LogP contribution in [-0.2, 0) is 16.0 Å². The molecule has 174 valence electrons. The number of likely N-dealkylation sites (N-methyl/N-ethyl adjacent to an activating group) is 1. The SMILES string of the molecule is COc1ccc(CCNC(=NCC(=O)N(C)C)NCCCNC(=O)OC(C)(C)C)cc1. The van der Waals surface area contributed by atoms with Crippen molar-refractivity contribution in [2.45, 2.75) is 39.2 Å². The van der Waals surface area contributed by atoms with E-state index >= 15 is 0 Å². The number of carbonyl (C=O) groups excluding carboxylic acids is 2. The summed E-state index contributed by atoms with van der Waals surface area (Å²) in [5.41, 5.74) is 0.646. The van der Waals surface area contributed by atoms with Crippen LogP contribution in [0.1, 0.15) is 32.8 Å². The molecule has 0 saturated heterocycles. The molecule has 0 radical (unpaired) electrons. The van der Waals surface area contributed by atoms with Gasteiger partial charge in [-0.25, -0.2) is 9.79 Å². The maximum atomic E-state index is 11.9. The first-order valence-corrected chi connectivity index (χ1v) is 10.4. The molecule has 1 rings (SSSR count). The molecule has 0 unspecified atom stereocenters. The van der Waals surface area contributed by atoms with Gasteiger partial charge in [-0.05, 0) is 51.3 Å². The van der Waals surface area contributed by atoms with Crippen molar-refractivity contribution in [3.05, 3.63) is 29.8 Å². The average Bonchev–Trinajstić information content (AvgIpc) is 2.70. The minimum atomic E-state index is -0.519. The fourth-order valence-electron chi connectivity index (χ4n) is 2.38. The number of hydrogen-bond donors (Lipinski definition) is 3. The fraction of sp³-hybridized carbons (Fsp3) is 0.591. The molecule has 0 spiro atoms. The summed E-state index contributed by atoms with van der Waals surface area (Å²) in [5.74, 6) is 1.30. The van der Waals surface area contributed by atoms with Crippen LogP contribution in [0.25, 0.3) is 0 Å². The Hall–Kier alpha value is -2.97. The van der Waals surface area contributed by atoms with Gasteiger partial charge in [-0.1, -0.05) is 12.1 Å². The van der Waals surface area contributed by atoms with E-state index in [1.165, 1.54) is 10.5 Å². The number of alkyl carbamates (subject to hydrolysis) is 1. The Balaban J connectivity index is 2.46. The Morgan fingerprint density at radius 1 is 1.00 bits per heavy atom. The largest absolute Gasteiger partial charge is 0.497 e. The molecule has 0 saturated carbocycles. The zero-order chi connectivity index (χ0) is 23.3. The normalized spacial score (nSPS) is 11.5. The minimum Gasteiger partial charge on any atom is -0.497 e. The summed E-state index contributed by atoms with van der Waals surface area (Å²) in [7, 11) is 5.04. The van der Waals surface area contributed by atoms with Crippen LogP contribution in [0, 0.1) is 0 Å². The van der Waals surface area contributed by atoms with Crippen molar-refractivity contribution in [3.8, 4) is 5.75 Å². The molecule has 0 bridgehead atoms. The van der Waals surface area contributed by atoms with Gasteiger partial charge >= 0.3 is 6.09 Å². The second kappa shape index (κ2) is 13.4. The number of nitrogens with one attached hydrogen (secondary N) is 3. The van der Waals surface area contributed by atoms with E-state index in [2.05, 4.69) is 20.9 Å². The predicted octanol–water partition coefficient (Wildman–Crippen LogP) is 1.78. The summed E-state index contributed by atoms with van der Waals surface area (Å²) in [6, 6.07) is 7.89. The standard InChI is InChI=1S/C22H37N5O4/c1-22(2,3)31-21(29)25-14-7-13-23-20(26-16-19(28)27(4)5)24-15-12-17-8-10-18(30-6)11-9-17/h8-11H,7,12-16H2,1-6H3,(H,25,29)(H2,23,24,26). The Bertz CT molecular complexity index is 712. The molecule has 31 heavy (non-hydrogen) atoms. The highest BCUT2D eigenvalue weighted by atomic mass is 16.6. The number of carbonyl (C=O) groups is 2. The van der Waals surface area contributed by atoms with E-state index in [1.54, 1.807) is 21.2 Å². The summed E-state index contributed by atoms with van der Waals surface area (Å²) in [6.07, 6.45) is 1.04. The van der Waals surface area contributed by atoms with Crippen LogP contribution < -0.4 is 20.7 Å². The molecule has 0 atom stereocenters. The molecule has 0 aliphatic rings. The highest BCUT2D eigenvalue weighted by Gasteiger charge is 2.15. The molecule has 2 amide bonds. The van der Waals surface area contributed by atoms with E-state index in [9.17, 15) is 9.59 Å². The van der Waals surface area contributed by atoms with Crippen molar-refractivity contribution >= 4 is 18.0 Å². The average molecular weight is 436 g/mol. The lowest BCUT2D eigenvalue weighted by atomic mass is 10.1. The van der Waals surface area contributed by atoms with Gasteiger partial charge in [0.2, 0.25) is 5.91 Å². The van der Waals surface area contributed by atoms with E-state index in [-0.39, 0.29) is 12.5 Å². The Kier molecular flexibility index (Phi) is 11.2. The highest BCUT2D eigenvalue weighted by Crippen LogP contribution is 2.11. The van der Waals surface area contributed by atoms with Gasteiger partial charge in [-0.15, -0.1) is 0 Å². The monoisotopic (exact) mass is 435 g/mol. The third kappa shape index (κ3) is 12.3. The van der Waals surface area contributed by atoms with Gasteiger partial charge in [0, 0.05) is 33.7 Å². The van der Waals surface area contributed by atoms with Gasteiger partial charge in [-0.3, -0.25) is 4.79 Å². The van der Waals surface area contributed by atoms with Gasteiger partial charge < -0.3 is 30.3 Å². The first-order valence-electron chi connectivity index (χ1n) is 10.4. The van der Waals surface area contributed by atoms with Gasteiger partial charge in [0.1, 0.15) is 17.9 Å². The molecule has 0 heterocycles. The second-order valence-corrected chi connectivity index (χ2v) is 8.19. The van der Waals surface area contributed by atoms with Crippen LogP contribution in [0.4, 0.5) is 4.79 Å². The predicted molar refractivity (Wildman–Crippen MR) is 123 cm³/mol. The summed E-state index contributed by atoms with van der Waals surface area (Å²) in [5, 5.41) is 9.16. The molecular formula is C22H37N5O4. The van der Waals surface area contributed by atoms with E-state index in [0.717, 1.165) is 12.2 Å². The third-order valence-corrected chi connectivity index (χ3v) is 4.05.